The Hall–Kier alpha value is -1.33. The van der Waals surface area contributed by atoms with Crippen molar-refractivity contribution in [2.24, 2.45) is 10.9 Å². The van der Waals surface area contributed by atoms with Crippen molar-refractivity contribution in [2.45, 2.75) is 32.7 Å². The van der Waals surface area contributed by atoms with Gasteiger partial charge in [0.2, 0.25) is 0 Å². The van der Waals surface area contributed by atoms with Crippen molar-refractivity contribution in [3.63, 3.8) is 0 Å². The molecule has 0 bridgehead atoms. The zero-order valence-electron chi connectivity index (χ0n) is 13.1. The van der Waals surface area contributed by atoms with Crippen molar-refractivity contribution < 1.29 is 9.84 Å². The van der Waals surface area contributed by atoms with E-state index in [1.54, 1.807) is 0 Å². The number of hydrogen-bond acceptors (Lipinski definition) is 4. The van der Waals surface area contributed by atoms with Gasteiger partial charge in [0.25, 0.3) is 0 Å². The van der Waals surface area contributed by atoms with Crippen molar-refractivity contribution in [1.29, 1.82) is 0 Å². The lowest BCUT2D eigenvalue weighted by molar-refractivity contribution is 0.111. The van der Waals surface area contributed by atoms with E-state index in [0.717, 1.165) is 37.5 Å². The number of H-pyrrole nitrogens is 1. The van der Waals surface area contributed by atoms with E-state index < -0.39 is 0 Å². The van der Waals surface area contributed by atoms with Gasteiger partial charge in [-0.1, -0.05) is 0 Å². The number of hydrogen-bond donors (Lipinski definition) is 2. The maximum atomic E-state index is 9.03. The van der Waals surface area contributed by atoms with Gasteiger partial charge in [-0.05, 0) is 39.3 Å². The van der Waals surface area contributed by atoms with Gasteiger partial charge in [0, 0.05) is 37.3 Å². The quantitative estimate of drug-likeness (QED) is 0.833. The number of aromatic amines is 1. The van der Waals surface area contributed by atoms with E-state index in [2.05, 4.69) is 28.7 Å². The van der Waals surface area contributed by atoms with E-state index in [1.165, 1.54) is 12.8 Å². The first-order valence-corrected chi connectivity index (χ1v) is 7.86. The van der Waals surface area contributed by atoms with E-state index in [0.29, 0.717) is 5.92 Å². The predicted octanol–water partition coefficient (Wildman–Crippen LogP) is 1.41. The van der Waals surface area contributed by atoms with E-state index in [9.17, 15) is 0 Å². The molecule has 5 nitrogen and oxygen atoms in total. The lowest BCUT2D eigenvalue weighted by Gasteiger charge is -2.32. The van der Waals surface area contributed by atoms with Gasteiger partial charge in [-0.15, -0.1) is 0 Å². The van der Waals surface area contributed by atoms with Crippen LogP contribution in [0.5, 0.6) is 5.75 Å². The molecular weight excluding hydrogens is 266 g/mol. The Bertz CT molecular complexity index is 482. The minimum atomic E-state index is 0.238. The summed E-state index contributed by atoms with van der Waals surface area (Å²) >= 11 is 0. The number of likely N-dealkylation sites (tertiary alicyclic amines) is 1. The second kappa shape index (κ2) is 8.20. The second-order valence-electron chi connectivity index (χ2n) is 5.98. The summed E-state index contributed by atoms with van der Waals surface area (Å²) in [5.41, 5.74) is 0.855. The molecule has 0 spiro atoms. The molecule has 0 aliphatic carbocycles. The highest BCUT2D eigenvalue weighted by Gasteiger charge is 2.19. The normalized spacial score (nSPS) is 21.0. The van der Waals surface area contributed by atoms with Gasteiger partial charge < -0.3 is 19.7 Å². The number of ether oxygens (including phenoxy) is 1. The third-order valence-electron chi connectivity index (χ3n) is 3.66. The third kappa shape index (κ3) is 5.52. The molecule has 5 heteroatoms. The molecule has 1 aromatic heterocycles. The number of aliphatic hydroxyl groups is 1. The summed E-state index contributed by atoms with van der Waals surface area (Å²) in [6.45, 7) is 7.96. The van der Waals surface area contributed by atoms with Crippen LogP contribution in [0.15, 0.2) is 23.3 Å². The fourth-order valence-electron chi connectivity index (χ4n) is 2.72. The molecule has 0 aromatic carbocycles. The van der Waals surface area contributed by atoms with E-state index in [-0.39, 0.29) is 12.6 Å². The summed E-state index contributed by atoms with van der Waals surface area (Å²) in [5, 5.41) is 9.03. The number of β-amino-alcohol motifs (C(OH)–C–C–N with tert-alkyl or cyclic N) is 1. The number of nitrogens with one attached hydrogen (secondary N) is 1. The monoisotopic (exact) mass is 293 g/mol. The number of aromatic nitrogens is 1. The standard InChI is InChI=1S/C16H27N3O2/c1-13(2)18-16-10-15(5-6-17-16)21-12-14-4-3-7-19(11-14)8-9-20/h5-6,10,13-14,20H,3-4,7-9,11-12H2,1-2H3,(H,17,18)/t14-/m0/s1. The first kappa shape index (κ1) is 16.0. The highest BCUT2D eigenvalue weighted by atomic mass is 16.5. The molecule has 2 heterocycles. The lowest BCUT2D eigenvalue weighted by atomic mass is 9.99. The van der Waals surface area contributed by atoms with Crippen molar-refractivity contribution in [2.75, 3.05) is 32.8 Å². The highest BCUT2D eigenvalue weighted by Crippen LogP contribution is 2.17. The Labute approximate surface area is 126 Å². The lowest BCUT2D eigenvalue weighted by Crippen LogP contribution is -2.39. The molecule has 1 fully saturated rings. The summed E-state index contributed by atoms with van der Waals surface area (Å²) in [4.78, 5) is 9.91. The molecule has 1 atom stereocenters. The fourth-order valence-corrected chi connectivity index (χ4v) is 2.72. The minimum Gasteiger partial charge on any atom is -0.493 e. The van der Waals surface area contributed by atoms with Gasteiger partial charge in [0.05, 0.1) is 13.2 Å². The second-order valence-corrected chi connectivity index (χ2v) is 5.98. The van der Waals surface area contributed by atoms with Gasteiger partial charge in [-0.2, -0.15) is 0 Å². The molecule has 118 valence electrons. The number of nitrogens with zero attached hydrogens (tertiary/aromatic N) is 2. The van der Waals surface area contributed by atoms with Gasteiger partial charge in [0.1, 0.15) is 11.2 Å². The Morgan fingerprint density at radius 2 is 2.38 bits per heavy atom. The molecule has 0 amide bonds. The van der Waals surface area contributed by atoms with Crippen LogP contribution >= 0.6 is 0 Å². The van der Waals surface area contributed by atoms with Crippen LogP contribution in [0.3, 0.4) is 0 Å². The zero-order chi connectivity index (χ0) is 15.1. The Morgan fingerprint density at radius 3 is 3.14 bits per heavy atom. The van der Waals surface area contributed by atoms with Crippen molar-refractivity contribution in [1.82, 2.24) is 9.88 Å². The van der Waals surface area contributed by atoms with Gasteiger partial charge in [-0.3, -0.25) is 4.99 Å². The highest BCUT2D eigenvalue weighted by molar-refractivity contribution is 5.16. The molecule has 2 N–H and O–H groups in total. The molecule has 0 unspecified atom stereocenters. The average molecular weight is 293 g/mol. The van der Waals surface area contributed by atoms with Crippen LogP contribution in [0.4, 0.5) is 0 Å². The largest absolute Gasteiger partial charge is 0.493 e. The van der Waals surface area contributed by atoms with Crippen LogP contribution < -0.4 is 10.2 Å². The van der Waals surface area contributed by atoms with Gasteiger partial charge in [-0.25, -0.2) is 0 Å². The van der Waals surface area contributed by atoms with E-state index in [4.69, 9.17) is 9.84 Å². The predicted molar refractivity (Wildman–Crippen MR) is 83.2 cm³/mol. The van der Waals surface area contributed by atoms with Crippen LogP contribution in [-0.2, 0) is 0 Å². The average Bonchev–Trinajstić information content (AvgIpc) is 2.46. The number of rotatable bonds is 6. The van der Waals surface area contributed by atoms with Crippen LogP contribution in [0.25, 0.3) is 0 Å². The van der Waals surface area contributed by atoms with Gasteiger partial charge in [0.15, 0.2) is 0 Å². The maximum Gasteiger partial charge on any atom is 0.128 e. The summed E-state index contributed by atoms with van der Waals surface area (Å²) < 4.78 is 5.93. The van der Waals surface area contributed by atoms with Crippen molar-refractivity contribution >= 4 is 0 Å². The van der Waals surface area contributed by atoms with Crippen LogP contribution in [-0.4, -0.2) is 53.9 Å². The molecule has 0 saturated carbocycles. The summed E-state index contributed by atoms with van der Waals surface area (Å²) in [6, 6.07) is 4.16. The van der Waals surface area contributed by atoms with Gasteiger partial charge >= 0.3 is 0 Å². The first-order valence-electron chi connectivity index (χ1n) is 7.86. The first-order chi connectivity index (χ1) is 10.2. The Balaban J connectivity index is 1.88. The molecule has 1 saturated heterocycles. The molecular formula is C16H27N3O2. The van der Waals surface area contributed by atoms with E-state index in [1.807, 2.05) is 18.3 Å². The number of pyridine rings is 1. The smallest absolute Gasteiger partial charge is 0.128 e. The maximum absolute atomic E-state index is 9.03. The molecule has 21 heavy (non-hydrogen) atoms. The third-order valence-corrected chi connectivity index (χ3v) is 3.66. The summed E-state index contributed by atoms with van der Waals surface area (Å²) in [7, 11) is 0. The summed E-state index contributed by atoms with van der Waals surface area (Å²) in [5.74, 6) is 1.41. The summed E-state index contributed by atoms with van der Waals surface area (Å²) in [6.07, 6.45) is 4.25. The minimum absolute atomic E-state index is 0.238. The topological polar surface area (TPSA) is 60.9 Å². The Morgan fingerprint density at radius 1 is 1.52 bits per heavy atom. The van der Waals surface area contributed by atoms with Crippen LogP contribution in [0.1, 0.15) is 26.7 Å². The van der Waals surface area contributed by atoms with E-state index >= 15 is 0 Å². The number of aliphatic hydroxyl groups excluding tert-OH is 1. The molecule has 0 radical (unpaired) electrons. The molecule has 1 aliphatic rings. The Kier molecular flexibility index (Phi) is 6.26. The van der Waals surface area contributed by atoms with Crippen LogP contribution in [0, 0.1) is 5.92 Å². The zero-order valence-corrected chi connectivity index (χ0v) is 13.1. The molecule has 1 aromatic rings. The fraction of sp³-hybridized carbons (Fsp3) is 0.688. The van der Waals surface area contributed by atoms with Crippen molar-refractivity contribution in [3.8, 4) is 5.75 Å². The number of piperidine rings is 1. The van der Waals surface area contributed by atoms with Crippen LogP contribution in [0.2, 0.25) is 0 Å². The van der Waals surface area contributed by atoms with Crippen molar-refractivity contribution in [3.05, 3.63) is 23.8 Å². The molecule has 1 aliphatic heterocycles. The molecule has 2 rings (SSSR count). The SMILES string of the molecule is CC(C)/N=c1/cc(OC[C@H]2CCCN(CCO)C2)cc[nH]1.